The van der Waals surface area contributed by atoms with Gasteiger partial charge in [-0.05, 0) is 69.8 Å². The van der Waals surface area contributed by atoms with E-state index in [1.54, 1.807) is 12.1 Å². The summed E-state index contributed by atoms with van der Waals surface area (Å²) in [6.07, 6.45) is 5.46. The molecule has 1 aliphatic carbocycles. The number of benzene rings is 1. The highest BCUT2D eigenvalue weighted by Crippen LogP contribution is 2.31. The van der Waals surface area contributed by atoms with E-state index in [1.165, 1.54) is 18.9 Å². The molecule has 1 saturated heterocycles. The molecule has 1 aromatic rings. The second-order valence-electron chi connectivity index (χ2n) is 7.54. The van der Waals surface area contributed by atoms with E-state index in [1.807, 2.05) is 0 Å². The zero-order chi connectivity index (χ0) is 18.5. The number of likely N-dealkylation sites (tertiary alicyclic amines) is 1. The number of piperidine rings is 1. The third-order valence-electron chi connectivity index (χ3n) is 5.21. The monoisotopic (exact) mass is 360 g/mol. The van der Waals surface area contributed by atoms with E-state index in [-0.39, 0.29) is 11.6 Å². The number of hydrogen-bond donors (Lipinski definition) is 2. The fourth-order valence-corrected chi connectivity index (χ4v) is 3.29. The third-order valence-corrected chi connectivity index (χ3v) is 5.21. The van der Waals surface area contributed by atoms with Gasteiger partial charge in [0.2, 0.25) is 0 Å². The second kappa shape index (κ2) is 8.49. The van der Waals surface area contributed by atoms with Crippen LogP contribution < -0.4 is 10.6 Å². The van der Waals surface area contributed by atoms with Crippen LogP contribution in [0.15, 0.2) is 18.2 Å². The lowest BCUT2D eigenvalue weighted by Crippen LogP contribution is -2.35. The number of nitro groups is 1. The van der Waals surface area contributed by atoms with E-state index in [0.717, 1.165) is 44.8 Å². The molecular weight excluding hydrogens is 332 g/mol. The highest BCUT2D eigenvalue weighted by atomic mass is 16.6. The normalized spacial score (nSPS) is 18.5. The van der Waals surface area contributed by atoms with Crippen molar-refractivity contribution in [1.82, 2.24) is 10.2 Å². The molecule has 1 amide bonds. The van der Waals surface area contributed by atoms with Gasteiger partial charge < -0.3 is 15.5 Å². The number of carbonyl (C=O) groups excluding carboxylic acids is 1. The maximum Gasteiger partial charge on any atom is 0.293 e. The molecular formula is C19H28N4O3. The molecule has 2 N–H and O–H groups in total. The van der Waals surface area contributed by atoms with Crippen molar-refractivity contribution >= 4 is 17.3 Å². The van der Waals surface area contributed by atoms with Crippen molar-refractivity contribution in [3.63, 3.8) is 0 Å². The van der Waals surface area contributed by atoms with Gasteiger partial charge in [0, 0.05) is 24.2 Å². The Hall–Kier alpha value is -2.15. The largest absolute Gasteiger partial charge is 0.377 e. The average Bonchev–Trinajstić information content (AvgIpc) is 3.44. The Morgan fingerprint density at radius 1 is 1.27 bits per heavy atom. The Balaban J connectivity index is 1.47. The van der Waals surface area contributed by atoms with Gasteiger partial charge in [0.05, 0.1) is 4.92 Å². The van der Waals surface area contributed by atoms with Crippen molar-refractivity contribution in [1.29, 1.82) is 0 Å². The predicted octanol–water partition coefficient (Wildman–Crippen LogP) is 3.02. The summed E-state index contributed by atoms with van der Waals surface area (Å²) < 4.78 is 0. The van der Waals surface area contributed by atoms with Gasteiger partial charge in [-0.25, -0.2) is 0 Å². The number of nitro benzene ring substituents is 1. The first kappa shape index (κ1) is 18.6. The van der Waals surface area contributed by atoms with Crippen LogP contribution in [-0.2, 0) is 0 Å². The SMILES string of the molecule is CC1CCN(CCCNC(=O)c2ccc(NC3CC3)c([N+](=O)[O-])c2)CC1. The molecule has 2 aliphatic rings. The summed E-state index contributed by atoms with van der Waals surface area (Å²) in [6.45, 7) is 6.13. The summed E-state index contributed by atoms with van der Waals surface area (Å²) in [5.41, 5.74) is 0.796. The highest BCUT2D eigenvalue weighted by molar-refractivity contribution is 5.95. The van der Waals surface area contributed by atoms with Crippen LogP contribution in [0.25, 0.3) is 0 Å². The molecule has 26 heavy (non-hydrogen) atoms. The molecule has 0 unspecified atom stereocenters. The molecule has 0 aromatic heterocycles. The van der Waals surface area contributed by atoms with Gasteiger partial charge in [-0.2, -0.15) is 0 Å². The fourth-order valence-electron chi connectivity index (χ4n) is 3.29. The van der Waals surface area contributed by atoms with E-state index in [9.17, 15) is 14.9 Å². The minimum atomic E-state index is -0.432. The topological polar surface area (TPSA) is 87.5 Å². The van der Waals surface area contributed by atoms with Crippen molar-refractivity contribution in [2.24, 2.45) is 5.92 Å². The zero-order valence-electron chi connectivity index (χ0n) is 15.4. The van der Waals surface area contributed by atoms with Gasteiger partial charge in [0.25, 0.3) is 11.6 Å². The van der Waals surface area contributed by atoms with Crippen LogP contribution in [-0.4, -0.2) is 48.0 Å². The number of nitrogens with one attached hydrogen (secondary N) is 2. The van der Waals surface area contributed by atoms with E-state index in [2.05, 4.69) is 22.5 Å². The summed E-state index contributed by atoms with van der Waals surface area (Å²) in [4.78, 5) is 25.6. The Bertz CT molecular complexity index is 652. The first-order valence-electron chi connectivity index (χ1n) is 9.58. The molecule has 142 valence electrons. The minimum Gasteiger partial charge on any atom is -0.377 e. The van der Waals surface area contributed by atoms with Crippen molar-refractivity contribution in [2.45, 2.75) is 45.1 Å². The Morgan fingerprint density at radius 3 is 2.65 bits per heavy atom. The summed E-state index contributed by atoms with van der Waals surface area (Å²) in [5.74, 6) is 0.567. The number of anilines is 1. The Kier molecular flexibility index (Phi) is 6.08. The van der Waals surface area contributed by atoms with Crippen molar-refractivity contribution in [3.05, 3.63) is 33.9 Å². The molecule has 2 fully saturated rings. The first-order chi connectivity index (χ1) is 12.5. The molecule has 0 spiro atoms. The van der Waals surface area contributed by atoms with Gasteiger partial charge in [0.15, 0.2) is 0 Å². The summed E-state index contributed by atoms with van der Waals surface area (Å²) in [5, 5.41) is 17.3. The molecule has 0 atom stereocenters. The number of amides is 1. The molecule has 1 aliphatic heterocycles. The Labute approximate surface area is 154 Å². The lowest BCUT2D eigenvalue weighted by Gasteiger charge is -2.30. The maximum atomic E-state index is 12.3. The Morgan fingerprint density at radius 2 is 2.00 bits per heavy atom. The van der Waals surface area contributed by atoms with E-state index in [4.69, 9.17) is 0 Å². The van der Waals surface area contributed by atoms with E-state index in [0.29, 0.717) is 23.8 Å². The van der Waals surface area contributed by atoms with Crippen LogP contribution in [0.2, 0.25) is 0 Å². The van der Waals surface area contributed by atoms with Crippen LogP contribution in [0.5, 0.6) is 0 Å². The average molecular weight is 360 g/mol. The highest BCUT2D eigenvalue weighted by Gasteiger charge is 2.25. The predicted molar refractivity (Wildman–Crippen MR) is 102 cm³/mol. The molecule has 0 bridgehead atoms. The summed E-state index contributed by atoms with van der Waals surface area (Å²) >= 11 is 0. The van der Waals surface area contributed by atoms with Gasteiger partial charge in [-0.1, -0.05) is 6.92 Å². The molecule has 1 heterocycles. The first-order valence-corrected chi connectivity index (χ1v) is 9.58. The standard InChI is InChI=1S/C19H28N4O3/c1-14-7-11-22(12-8-14)10-2-9-20-19(24)15-3-6-17(21-16-4-5-16)18(13-15)23(25)26/h3,6,13-14,16,21H,2,4-5,7-12H2,1H3,(H,20,24). The van der Waals surface area contributed by atoms with Gasteiger partial charge >= 0.3 is 0 Å². The molecule has 7 heteroatoms. The second-order valence-corrected chi connectivity index (χ2v) is 7.54. The molecule has 0 radical (unpaired) electrons. The van der Waals surface area contributed by atoms with Crippen molar-refractivity contribution < 1.29 is 9.72 Å². The smallest absolute Gasteiger partial charge is 0.293 e. The number of hydrogen-bond acceptors (Lipinski definition) is 5. The number of rotatable bonds is 8. The quantitative estimate of drug-likeness (QED) is 0.423. The van der Waals surface area contributed by atoms with Crippen LogP contribution in [0.3, 0.4) is 0 Å². The van der Waals surface area contributed by atoms with Crippen molar-refractivity contribution in [3.8, 4) is 0 Å². The van der Waals surface area contributed by atoms with Gasteiger partial charge in [-0.15, -0.1) is 0 Å². The van der Waals surface area contributed by atoms with Crippen LogP contribution in [0.1, 0.15) is 49.4 Å². The maximum absolute atomic E-state index is 12.3. The third kappa shape index (κ3) is 5.17. The molecule has 1 aromatic carbocycles. The summed E-state index contributed by atoms with van der Waals surface area (Å²) in [7, 11) is 0. The van der Waals surface area contributed by atoms with Crippen LogP contribution in [0.4, 0.5) is 11.4 Å². The van der Waals surface area contributed by atoms with Gasteiger partial charge in [-0.3, -0.25) is 14.9 Å². The summed E-state index contributed by atoms with van der Waals surface area (Å²) in [6, 6.07) is 4.98. The van der Waals surface area contributed by atoms with Crippen LogP contribution in [0, 0.1) is 16.0 Å². The number of nitrogens with zero attached hydrogens (tertiary/aromatic N) is 2. The lowest BCUT2D eigenvalue weighted by atomic mass is 9.99. The van der Waals surface area contributed by atoms with Crippen LogP contribution >= 0.6 is 0 Å². The van der Waals surface area contributed by atoms with E-state index >= 15 is 0 Å². The minimum absolute atomic E-state index is 0.0352. The van der Waals surface area contributed by atoms with E-state index < -0.39 is 4.92 Å². The lowest BCUT2D eigenvalue weighted by molar-refractivity contribution is -0.384. The number of carbonyl (C=O) groups is 1. The fraction of sp³-hybridized carbons (Fsp3) is 0.632. The van der Waals surface area contributed by atoms with Gasteiger partial charge in [0.1, 0.15) is 5.69 Å². The zero-order valence-corrected chi connectivity index (χ0v) is 15.4. The molecule has 3 rings (SSSR count). The molecule has 1 saturated carbocycles. The van der Waals surface area contributed by atoms with Crippen molar-refractivity contribution in [2.75, 3.05) is 31.5 Å². The molecule has 7 nitrogen and oxygen atoms in total.